The van der Waals surface area contributed by atoms with Crippen molar-refractivity contribution in [2.45, 2.75) is 58.9 Å². The fourth-order valence-electron chi connectivity index (χ4n) is 3.65. The van der Waals surface area contributed by atoms with Crippen molar-refractivity contribution < 1.29 is 14.7 Å². The van der Waals surface area contributed by atoms with E-state index in [9.17, 15) is 14.7 Å². The Hall–Kier alpha value is -1.26. The largest absolute Gasteiger partial charge is 0.480 e. The van der Waals surface area contributed by atoms with Crippen molar-refractivity contribution in [2.24, 2.45) is 17.3 Å². The molecular weight excluding hydrogens is 268 g/mol. The molecule has 0 spiro atoms. The second-order valence-corrected chi connectivity index (χ2v) is 7.63. The molecule has 2 amide bonds. The van der Waals surface area contributed by atoms with Crippen LogP contribution in [-0.4, -0.2) is 41.1 Å². The number of hydrogen-bond donors (Lipinski definition) is 2. The van der Waals surface area contributed by atoms with Crippen molar-refractivity contribution in [1.29, 1.82) is 0 Å². The molecular formula is C16H28N2O3. The van der Waals surface area contributed by atoms with Crippen LogP contribution in [0.2, 0.25) is 0 Å². The van der Waals surface area contributed by atoms with Crippen molar-refractivity contribution in [2.75, 3.05) is 13.1 Å². The van der Waals surface area contributed by atoms with E-state index >= 15 is 0 Å². The zero-order valence-electron chi connectivity index (χ0n) is 13.4. The Labute approximate surface area is 127 Å². The molecule has 2 N–H and O–H groups in total. The van der Waals surface area contributed by atoms with Gasteiger partial charge in [-0.05, 0) is 30.1 Å². The number of hydrogen-bond acceptors (Lipinski definition) is 2. The van der Waals surface area contributed by atoms with Gasteiger partial charge in [0.1, 0.15) is 6.04 Å². The number of nitrogens with zero attached hydrogens (tertiary/aromatic N) is 1. The summed E-state index contributed by atoms with van der Waals surface area (Å²) >= 11 is 0. The van der Waals surface area contributed by atoms with Gasteiger partial charge in [-0.1, -0.05) is 40.0 Å². The molecule has 1 aliphatic heterocycles. The van der Waals surface area contributed by atoms with Gasteiger partial charge in [-0.15, -0.1) is 0 Å². The highest BCUT2D eigenvalue weighted by atomic mass is 16.4. The van der Waals surface area contributed by atoms with Gasteiger partial charge in [0.25, 0.3) is 0 Å². The molecule has 2 aliphatic rings. The lowest BCUT2D eigenvalue weighted by Crippen LogP contribution is -2.55. The number of carbonyl (C=O) groups is 2. The van der Waals surface area contributed by atoms with Crippen LogP contribution in [-0.2, 0) is 4.79 Å². The van der Waals surface area contributed by atoms with E-state index in [-0.39, 0.29) is 6.03 Å². The summed E-state index contributed by atoms with van der Waals surface area (Å²) in [6.45, 7) is 7.04. The van der Waals surface area contributed by atoms with Crippen LogP contribution in [0.15, 0.2) is 0 Å². The minimum absolute atomic E-state index is 0.221. The zero-order chi connectivity index (χ0) is 15.6. The molecule has 5 heteroatoms. The SMILES string of the molecule is CC(C)(C)[C@H](NC(=O)N1CCC2CCCCC2C1)C(=O)O. The average molecular weight is 296 g/mol. The molecule has 3 atom stereocenters. The van der Waals surface area contributed by atoms with Gasteiger partial charge in [0, 0.05) is 13.1 Å². The van der Waals surface area contributed by atoms with Gasteiger partial charge in [-0.3, -0.25) is 0 Å². The van der Waals surface area contributed by atoms with Crippen LogP contribution in [0, 0.1) is 17.3 Å². The summed E-state index contributed by atoms with van der Waals surface area (Å²) < 4.78 is 0. The summed E-state index contributed by atoms with van der Waals surface area (Å²) in [6.07, 6.45) is 6.14. The summed E-state index contributed by atoms with van der Waals surface area (Å²) in [7, 11) is 0. The first-order valence-corrected chi connectivity index (χ1v) is 8.07. The Bertz CT molecular complexity index is 403. The molecule has 0 aromatic rings. The lowest BCUT2D eigenvalue weighted by Gasteiger charge is -2.42. The topological polar surface area (TPSA) is 69.6 Å². The molecule has 0 aromatic carbocycles. The van der Waals surface area contributed by atoms with Gasteiger partial charge < -0.3 is 15.3 Å². The molecule has 0 aromatic heterocycles. The van der Waals surface area contributed by atoms with E-state index in [0.29, 0.717) is 5.92 Å². The quantitative estimate of drug-likeness (QED) is 0.823. The Morgan fingerprint density at radius 1 is 1.14 bits per heavy atom. The monoisotopic (exact) mass is 296 g/mol. The lowest BCUT2D eigenvalue weighted by atomic mass is 9.75. The predicted molar refractivity (Wildman–Crippen MR) is 81.0 cm³/mol. The summed E-state index contributed by atoms with van der Waals surface area (Å²) in [5.41, 5.74) is -0.495. The third-order valence-electron chi connectivity index (χ3n) is 4.96. The van der Waals surface area contributed by atoms with E-state index in [1.165, 1.54) is 25.7 Å². The first kappa shape index (κ1) is 16.1. The summed E-state index contributed by atoms with van der Waals surface area (Å²) in [5.74, 6) is 0.403. The zero-order valence-corrected chi connectivity index (χ0v) is 13.4. The van der Waals surface area contributed by atoms with Crippen LogP contribution in [0.4, 0.5) is 4.79 Å². The molecule has 0 bridgehead atoms. The highest BCUT2D eigenvalue weighted by Crippen LogP contribution is 2.36. The Balaban J connectivity index is 1.95. The average Bonchev–Trinajstić information content (AvgIpc) is 2.42. The summed E-state index contributed by atoms with van der Waals surface area (Å²) in [6, 6.07) is -1.07. The number of urea groups is 1. The first-order chi connectivity index (χ1) is 9.79. The molecule has 0 radical (unpaired) electrons. The number of nitrogens with one attached hydrogen (secondary N) is 1. The first-order valence-electron chi connectivity index (χ1n) is 8.07. The standard InChI is InChI=1S/C16H28N2O3/c1-16(2,3)13(14(19)20)17-15(21)18-9-8-11-6-4-5-7-12(11)10-18/h11-13H,4-10H2,1-3H3,(H,17,21)(H,19,20)/t11?,12?,13-/m1/s1. The van der Waals surface area contributed by atoms with E-state index in [0.717, 1.165) is 25.4 Å². The highest BCUT2D eigenvalue weighted by Gasteiger charge is 2.37. The molecule has 1 aliphatic carbocycles. The van der Waals surface area contributed by atoms with Crippen LogP contribution >= 0.6 is 0 Å². The molecule has 21 heavy (non-hydrogen) atoms. The van der Waals surface area contributed by atoms with Crippen LogP contribution in [0.1, 0.15) is 52.9 Å². The van der Waals surface area contributed by atoms with Crippen molar-refractivity contribution in [3.63, 3.8) is 0 Å². The summed E-state index contributed by atoms with van der Waals surface area (Å²) in [4.78, 5) is 25.6. The number of likely N-dealkylation sites (tertiary alicyclic amines) is 1. The van der Waals surface area contributed by atoms with Crippen molar-refractivity contribution in [3.05, 3.63) is 0 Å². The van der Waals surface area contributed by atoms with E-state index in [1.54, 1.807) is 0 Å². The molecule has 1 saturated heterocycles. The van der Waals surface area contributed by atoms with Crippen molar-refractivity contribution in [3.8, 4) is 0 Å². The van der Waals surface area contributed by atoms with Crippen LogP contribution in [0.5, 0.6) is 0 Å². The molecule has 2 rings (SSSR count). The maximum Gasteiger partial charge on any atom is 0.326 e. The lowest BCUT2D eigenvalue weighted by molar-refractivity contribution is -0.142. The van der Waals surface area contributed by atoms with Crippen LogP contribution in [0.25, 0.3) is 0 Å². The van der Waals surface area contributed by atoms with Crippen molar-refractivity contribution >= 4 is 12.0 Å². The number of carboxylic acid groups (broad SMARTS) is 1. The second-order valence-electron chi connectivity index (χ2n) is 7.63. The number of piperidine rings is 1. The number of rotatable bonds is 2. The second kappa shape index (κ2) is 6.24. The number of amides is 2. The predicted octanol–water partition coefficient (Wildman–Crippen LogP) is 2.71. The van der Waals surface area contributed by atoms with Gasteiger partial charge >= 0.3 is 12.0 Å². The van der Waals surface area contributed by atoms with Gasteiger partial charge in [0.05, 0.1) is 0 Å². The fourth-order valence-corrected chi connectivity index (χ4v) is 3.65. The van der Waals surface area contributed by atoms with Gasteiger partial charge in [-0.25, -0.2) is 9.59 Å². The van der Waals surface area contributed by atoms with E-state index in [4.69, 9.17) is 0 Å². The fraction of sp³-hybridized carbons (Fsp3) is 0.875. The normalized spacial score (nSPS) is 27.7. The molecule has 120 valence electrons. The highest BCUT2D eigenvalue weighted by molar-refractivity contribution is 5.83. The smallest absolute Gasteiger partial charge is 0.326 e. The number of carboxylic acids is 1. The number of aliphatic carboxylic acids is 1. The maximum absolute atomic E-state index is 12.4. The van der Waals surface area contributed by atoms with Crippen LogP contribution in [0.3, 0.4) is 0 Å². The Kier molecular flexibility index (Phi) is 4.79. The molecule has 1 saturated carbocycles. The molecule has 2 unspecified atom stereocenters. The van der Waals surface area contributed by atoms with Gasteiger partial charge in [0.2, 0.25) is 0 Å². The maximum atomic E-state index is 12.4. The summed E-state index contributed by atoms with van der Waals surface area (Å²) in [5, 5.41) is 12.0. The van der Waals surface area contributed by atoms with Gasteiger partial charge in [-0.2, -0.15) is 0 Å². The van der Waals surface area contributed by atoms with Gasteiger partial charge in [0.15, 0.2) is 0 Å². The van der Waals surface area contributed by atoms with E-state index in [2.05, 4.69) is 5.32 Å². The number of carbonyl (C=O) groups excluding carboxylic acids is 1. The molecule has 2 fully saturated rings. The molecule has 1 heterocycles. The Morgan fingerprint density at radius 2 is 1.76 bits per heavy atom. The third-order valence-corrected chi connectivity index (χ3v) is 4.96. The van der Waals surface area contributed by atoms with Crippen LogP contribution < -0.4 is 5.32 Å². The van der Waals surface area contributed by atoms with E-state index in [1.807, 2.05) is 25.7 Å². The number of fused-ring (bicyclic) bond motifs is 1. The van der Waals surface area contributed by atoms with E-state index < -0.39 is 17.4 Å². The Morgan fingerprint density at radius 3 is 2.33 bits per heavy atom. The minimum Gasteiger partial charge on any atom is -0.480 e. The third kappa shape index (κ3) is 3.89. The van der Waals surface area contributed by atoms with Crippen molar-refractivity contribution in [1.82, 2.24) is 10.2 Å². The molecule has 5 nitrogen and oxygen atoms in total. The minimum atomic E-state index is -0.969.